The lowest BCUT2D eigenvalue weighted by Crippen LogP contribution is -2.10. The Labute approximate surface area is 141 Å². The molecule has 0 aliphatic rings. The van der Waals surface area contributed by atoms with Crippen LogP contribution in [0.3, 0.4) is 0 Å². The normalized spacial score (nSPS) is 12.7. The van der Waals surface area contributed by atoms with Gasteiger partial charge in [0.1, 0.15) is 0 Å². The Hall–Kier alpha value is -0.0400. The zero-order valence-corrected chi connectivity index (χ0v) is 16.0. The van der Waals surface area contributed by atoms with Gasteiger partial charge in [0.05, 0.1) is 6.10 Å². The second-order valence-corrected chi connectivity index (χ2v) is 7.03. The predicted molar refractivity (Wildman–Crippen MR) is 101 cm³/mol. The van der Waals surface area contributed by atoms with Gasteiger partial charge < -0.3 is 4.74 Å². The van der Waals surface area contributed by atoms with Crippen LogP contribution in [0.2, 0.25) is 0 Å². The fourth-order valence-electron chi connectivity index (χ4n) is 3.22. The summed E-state index contributed by atoms with van der Waals surface area (Å²) in [4.78, 5) is 0. The molecule has 0 spiro atoms. The molecule has 22 heavy (non-hydrogen) atoms. The van der Waals surface area contributed by atoms with Crippen LogP contribution < -0.4 is 0 Å². The van der Waals surface area contributed by atoms with E-state index in [0.29, 0.717) is 6.10 Å². The molecule has 0 aromatic heterocycles. The zero-order chi connectivity index (χ0) is 16.3. The van der Waals surface area contributed by atoms with Crippen molar-refractivity contribution < 1.29 is 4.74 Å². The molecule has 134 valence electrons. The number of ether oxygens (including phenoxy) is 1. The third-order valence-corrected chi connectivity index (χ3v) is 4.84. The van der Waals surface area contributed by atoms with E-state index in [2.05, 4.69) is 13.8 Å². The molecule has 0 fully saturated rings. The SMILES string of the molecule is CCCCCCCCCCCCC(CCCCCCC)OC. The maximum absolute atomic E-state index is 5.64. The molecule has 0 aromatic carbocycles. The molecule has 0 aromatic rings. The number of unbranched alkanes of at least 4 members (excludes halogenated alkanes) is 13. The number of hydrogen-bond donors (Lipinski definition) is 0. The second-order valence-electron chi connectivity index (χ2n) is 7.03. The van der Waals surface area contributed by atoms with E-state index in [4.69, 9.17) is 4.74 Å². The van der Waals surface area contributed by atoms with Crippen molar-refractivity contribution in [1.29, 1.82) is 0 Å². The Morgan fingerprint density at radius 1 is 0.500 bits per heavy atom. The van der Waals surface area contributed by atoms with Crippen LogP contribution in [0.25, 0.3) is 0 Å². The van der Waals surface area contributed by atoms with Crippen LogP contribution in [0.5, 0.6) is 0 Å². The summed E-state index contributed by atoms with van der Waals surface area (Å²) >= 11 is 0. The molecule has 0 amide bonds. The second kappa shape index (κ2) is 19.0. The van der Waals surface area contributed by atoms with Crippen molar-refractivity contribution >= 4 is 0 Å². The molecule has 1 nitrogen and oxygen atoms in total. The van der Waals surface area contributed by atoms with Crippen molar-refractivity contribution in [1.82, 2.24) is 0 Å². The average molecular weight is 313 g/mol. The highest BCUT2D eigenvalue weighted by Crippen LogP contribution is 2.16. The van der Waals surface area contributed by atoms with E-state index in [0.717, 1.165) is 0 Å². The first kappa shape index (κ1) is 22.0. The Kier molecular flexibility index (Phi) is 19.0. The van der Waals surface area contributed by atoms with Gasteiger partial charge >= 0.3 is 0 Å². The molecular formula is C21H44O. The van der Waals surface area contributed by atoms with Gasteiger partial charge in [0.15, 0.2) is 0 Å². The van der Waals surface area contributed by atoms with Gasteiger partial charge in [0, 0.05) is 7.11 Å². The van der Waals surface area contributed by atoms with Gasteiger partial charge in [-0.25, -0.2) is 0 Å². The van der Waals surface area contributed by atoms with Crippen molar-refractivity contribution in [3.05, 3.63) is 0 Å². The van der Waals surface area contributed by atoms with Crippen molar-refractivity contribution in [3.63, 3.8) is 0 Å². The van der Waals surface area contributed by atoms with Gasteiger partial charge in [-0.05, 0) is 12.8 Å². The molecule has 1 heteroatoms. The number of rotatable bonds is 18. The van der Waals surface area contributed by atoms with Gasteiger partial charge in [-0.15, -0.1) is 0 Å². The quantitative estimate of drug-likeness (QED) is 0.236. The van der Waals surface area contributed by atoms with Gasteiger partial charge in [-0.2, -0.15) is 0 Å². The summed E-state index contributed by atoms with van der Waals surface area (Å²) in [5.74, 6) is 0. The fraction of sp³-hybridized carbons (Fsp3) is 1.00. The van der Waals surface area contributed by atoms with Gasteiger partial charge in [-0.1, -0.05) is 110 Å². The third kappa shape index (κ3) is 16.3. The van der Waals surface area contributed by atoms with Crippen molar-refractivity contribution in [2.75, 3.05) is 7.11 Å². The maximum Gasteiger partial charge on any atom is 0.0571 e. The Balaban J connectivity index is 3.25. The highest BCUT2D eigenvalue weighted by molar-refractivity contribution is 4.59. The minimum absolute atomic E-state index is 0.524. The van der Waals surface area contributed by atoms with E-state index >= 15 is 0 Å². The molecule has 0 bridgehead atoms. The Morgan fingerprint density at radius 2 is 0.818 bits per heavy atom. The van der Waals surface area contributed by atoms with Gasteiger partial charge in [0.2, 0.25) is 0 Å². The van der Waals surface area contributed by atoms with E-state index in [1.165, 1.54) is 109 Å². The highest BCUT2D eigenvalue weighted by atomic mass is 16.5. The van der Waals surface area contributed by atoms with Crippen LogP contribution in [-0.2, 0) is 4.74 Å². The standard InChI is InChI=1S/C21H44O/c1-4-6-8-10-11-12-13-14-16-18-20-21(22-3)19-17-15-9-7-5-2/h21H,4-20H2,1-3H3. The molecule has 1 unspecified atom stereocenters. The lowest BCUT2D eigenvalue weighted by molar-refractivity contribution is 0.0831. The third-order valence-electron chi connectivity index (χ3n) is 4.84. The van der Waals surface area contributed by atoms with Crippen LogP contribution in [-0.4, -0.2) is 13.2 Å². The Morgan fingerprint density at radius 3 is 1.14 bits per heavy atom. The van der Waals surface area contributed by atoms with E-state index in [9.17, 15) is 0 Å². The van der Waals surface area contributed by atoms with Crippen LogP contribution in [0, 0.1) is 0 Å². The summed E-state index contributed by atoms with van der Waals surface area (Å²) in [6.45, 7) is 4.57. The molecule has 0 saturated heterocycles. The van der Waals surface area contributed by atoms with Crippen LogP contribution >= 0.6 is 0 Å². The summed E-state index contributed by atoms with van der Waals surface area (Å²) in [7, 11) is 1.90. The zero-order valence-electron chi connectivity index (χ0n) is 16.0. The molecule has 0 aliphatic carbocycles. The van der Waals surface area contributed by atoms with Crippen LogP contribution in [0.15, 0.2) is 0 Å². The monoisotopic (exact) mass is 312 g/mol. The summed E-state index contributed by atoms with van der Waals surface area (Å²) in [6, 6.07) is 0. The van der Waals surface area contributed by atoms with Gasteiger partial charge in [-0.3, -0.25) is 0 Å². The highest BCUT2D eigenvalue weighted by Gasteiger charge is 2.06. The van der Waals surface area contributed by atoms with E-state index < -0.39 is 0 Å². The minimum atomic E-state index is 0.524. The summed E-state index contributed by atoms with van der Waals surface area (Å²) < 4.78 is 5.64. The molecule has 0 saturated carbocycles. The van der Waals surface area contributed by atoms with Crippen molar-refractivity contribution in [3.8, 4) is 0 Å². The maximum atomic E-state index is 5.64. The number of hydrogen-bond acceptors (Lipinski definition) is 1. The minimum Gasteiger partial charge on any atom is -0.381 e. The summed E-state index contributed by atoms with van der Waals surface area (Å²) in [5, 5.41) is 0. The fourth-order valence-corrected chi connectivity index (χ4v) is 3.22. The van der Waals surface area contributed by atoms with Crippen LogP contribution in [0.4, 0.5) is 0 Å². The first-order valence-electron chi connectivity index (χ1n) is 10.4. The number of methoxy groups -OCH3 is 1. The van der Waals surface area contributed by atoms with Crippen LogP contribution in [0.1, 0.15) is 123 Å². The lowest BCUT2D eigenvalue weighted by atomic mass is 10.0. The molecule has 1 atom stereocenters. The molecule has 0 radical (unpaired) electrons. The smallest absolute Gasteiger partial charge is 0.0571 e. The average Bonchev–Trinajstić information content (AvgIpc) is 2.54. The Bertz CT molecular complexity index is 190. The first-order valence-corrected chi connectivity index (χ1v) is 10.4. The first-order chi connectivity index (χ1) is 10.8. The molecule has 0 heterocycles. The predicted octanol–water partition coefficient (Wildman–Crippen LogP) is 7.67. The molecular weight excluding hydrogens is 268 g/mol. The molecule has 0 rings (SSSR count). The van der Waals surface area contributed by atoms with E-state index in [1.807, 2.05) is 7.11 Å². The topological polar surface area (TPSA) is 9.23 Å². The van der Waals surface area contributed by atoms with Gasteiger partial charge in [0.25, 0.3) is 0 Å². The molecule has 0 N–H and O–H groups in total. The molecule has 0 aliphatic heterocycles. The lowest BCUT2D eigenvalue weighted by Gasteiger charge is -2.15. The van der Waals surface area contributed by atoms with Crippen molar-refractivity contribution in [2.45, 2.75) is 129 Å². The van der Waals surface area contributed by atoms with E-state index in [-0.39, 0.29) is 0 Å². The largest absolute Gasteiger partial charge is 0.381 e. The summed E-state index contributed by atoms with van der Waals surface area (Å²) in [6.07, 6.45) is 24.2. The van der Waals surface area contributed by atoms with Crippen molar-refractivity contribution in [2.24, 2.45) is 0 Å². The summed E-state index contributed by atoms with van der Waals surface area (Å²) in [5.41, 5.74) is 0. The van der Waals surface area contributed by atoms with E-state index in [1.54, 1.807) is 0 Å².